The van der Waals surface area contributed by atoms with Crippen LogP contribution in [0, 0.1) is 0 Å². The molecule has 6 heteroatoms. The largest absolute Gasteiger partial charge is 0.308 e. The van der Waals surface area contributed by atoms with E-state index in [2.05, 4.69) is 23.4 Å². The molecule has 3 heterocycles. The second-order valence-corrected chi connectivity index (χ2v) is 7.14. The van der Waals surface area contributed by atoms with Gasteiger partial charge in [0.25, 0.3) is 0 Å². The molecule has 3 N–H and O–H groups in total. The third-order valence-electron chi connectivity index (χ3n) is 3.41. The van der Waals surface area contributed by atoms with E-state index in [0.29, 0.717) is 5.25 Å². The molecule has 1 atom stereocenters. The van der Waals surface area contributed by atoms with Gasteiger partial charge >= 0.3 is 0 Å². The van der Waals surface area contributed by atoms with Crippen LogP contribution in [0.3, 0.4) is 0 Å². The fourth-order valence-electron chi connectivity index (χ4n) is 2.36. The van der Waals surface area contributed by atoms with Crippen molar-refractivity contribution in [2.24, 2.45) is 5.84 Å². The highest BCUT2D eigenvalue weighted by atomic mass is 32.2. The number of nitrogens with zero attached hydrogens (tertiary/aromatic N) is 2. The predicted molar refractivity (Wildman–Crippen MR) is 83.7 cm³/mol. The molecule has 0 radical (unpaired) electrons. The molecular formula is C13H18N4S2. The lowest BCUT2D eigenvalue weighted by atomic mass is 10.2. The average molecular weight is 294 g/mol. The van der Waals surface area contributed by atoms with E-state index < -0.39 is 0 Å². The Labute approximate surface area is 121 Å². The van der Waals surface area contributed by atoms with E-state index in [0.717, 1.165) is 28.3 Å². The number of thioether (sulfide) groups is 1. The molecule has 0 aliphatic carbocycles. The number of anilines is 1. The molecule has 1 fully saturated rings. The van der Waals surface area contributed by atoms with Gasteiger partial charge in [-0.05, 0) is 31.1 Å². The molecule has 102 valence electrons. The Bertz CT molecular complexity index is 575. The van der Waals surface area contributed by atoms with Crippen molar-refractivity contribution in [1.29, 1.82) is 0 Å². The summed E-state index contributed by atoms with van der Waals surface area (Å²) in [6.45, 7) is 2.16. The summed E-state index contributed by atoms with van der Waals surface area (Å²) in [6, 6.07) is 2.15. The summed E-state index contributed by atoms with van der Waals surface area (Å²) in [5, 5.41) is 1.48. The number of aryl methyl sites for hydroxylation is 1. The van der Waals surface area contributed by atoms with Crippen LogP contribution >= 0.6 is 23.1 Å². The number of aromatic nitrogens is 2. The summed E-state index contributed by atoms with van der Waals surface area (Å²) in [5.41, 5.74) is 2.73. The second-order valence-electron chi connectivity index (χ2n) is 4.72. The van der Waals surface area contributed by atoms with Crippen LogP contribution in [0.1, 0.15) is 42.1 Å². The maximum atomic E-state index is 5.62. The first-order chi connectivity index (χ1) is 9.31. The monoisotopic (exact) mass is 294 g/mol. The Morgan fingerprint density at radius 1 is 1.42 bits per heavy atom. The second kappa shape index (κ2) is 5.64. The van der Waals surface area contributed by atoms with Crippen LogP contribution in [-0.4, -0.2) is 15.7 Å². The SMILES string of the molecule is CCc1cc2c(NN)nc(C3CCCCS3)nc2s1. The molecule has 1 saturated heterocycles. The molecule has 0 amide bonds. The van der Waals surface area contributed by atoms with Crippen LogP contribution in [-0.2, 0) is 6.42 Å². The van der Waals surface area contributed by atoms with Crippen molar-refractivity contribution in [2.45, 2.75) is 37.9 Å². The van der Waals surface area contributed by atoms with Crippen LogP contribution in [0.5, 0.6) is 0 Å². The molecule has 0 spiro atoms. The lowest BCUT2D eigenvalue weighted by Crippen LogP contribution is -2.13. The number of nitrogens with one attached hydrogen (secondary N) is 1. The van der Waals surface area contributed by atoms with E-state index in [4.69, 9.17) is 10.8 Å². The highest BCUT2D eigenvalue weighted by molar-refractivity contribution is 7.99. The number of hydrogen-bond donors (Lipinski definition) is 2. The van der Waals surface area contributed by atoms with Crippen molar-refractivity contribution in [1.82, 2.24) is 9.97 Å². The Morgan fingerprint density at radius 3 is 3.00 bits per heavy atom. The van der Waals surface area contributed by atoms with E-state index in [1.54, 1.807) is 11.3 Å². The third kappa shape index (κ3) is 2.57. The summed E-state index contributed by atoms with van der Waals surface area (Å²) in [6.07, 6.45) is 4.78. The minimum absolute atomic E-state index is 0.428. The van der Waals surface area contributed by atoms with Crippen molar-refractivity contribution in [2.75, 3.05) is 11.2 Å². The van der Waals surface area contributed by atoms with Gasteiger partial charge in [0.1, 0.15) is 10.7 Å². The van der Waals surface area contributed by atoms with Gasteiger partial charge in [-0.1, -0.05) is 13.3 Å². The molecule has 1 unspecified atom stereocenters. The number of hydrazine groups is 1. The van der Waals surface area contributed by atoms with Crippen LogP contribution in [0.2, 0.25) is 0 Å². The quantitative estimate of drug-likeness (QED) is 0.670. The van der Waals surface area contributed by atoms with Gasteiger partial charge in [0, 0.05) is 4.88 Å². The normalized spacial score (nSPS) is 19.8. The number of hydrogen-bond acceptors (Lipinski definition) is 6. The number of nitrogen functional groups attached to an aromatic ring is 1. The van der Waals surface area contributed by atoms with Gasteiger partial charge in [-0.15, -0.1) is 11.3 Å². The lowest BCUT2D eigenvalue weighted by Gasteiger charge is -2.20. The number of thiophene rings is 1. The van der Waals surface area contributed by atoms with E-state index in [9.17, 15) is 0 Å². The zero-order chi connectivity index (χ0) is 13.2. The van der Waals surface area contributed by atoms with Gasteiger partial charge < -0.3 is 5.43 Å². The number of fused-ring (bicyclic) bond motifs is 1. The average Bonchev–Trinajstić information content (AvgIpc) is 2.90. The topological polar surface area (TPSA) is 63.8 Å². The fraction of sp³-hybridized carbons (Fsp3) is 0.538. The number of nitrogens with two attached hydrogens (primary N) is 1. The Morgan fingerprint density at radius 2 is 2.32 bits per heavy atom. The zero-order valence-corrected chi connectivity index (χ0v) is 12.6. The highest BCUT2D eigenvalue weighted by Crippen LogP contribution is 2.39. The first kappa shape index (κ1) is 13.1. The Kier molecular flexibility index (Phi) is 3.91. The van der Waals surface area contributed by atoms with Crippen LogP contribution < -0.4 is 11.3 Å². The molecular weight excluding hydrogens is 276 g/mol. The summed E-state index contributed by atoms with van der Waals surface area (Å²) in [5.74, 6) is 8.54. The van der Waals surface area contributed by atoms with Crippen LogP contribution in [0.25, 0.3) is 10.2 Å². The van der Waals surface area contributed by atoms with Gasteiger partial charge in [0.05, 0.1) is 10.6 Å². The maximum Gasteiger partial charge on any atom is 0.152 e. The van der Waals surface area contributed by atoms with Crippen LogP contribution in [0.15, 0.2) is 6.07 Å². The van der Waals surface area contributed by atoms with Gasteiger partial charge in [-0.25, -0.2) is 15.8 Å². The van der Waals surface area contributed by atoms with Gasteiger partial charge in [-0.3, -0.25) is 0 Å². The van der Waals surface area contributed by atoms with Gasteiger partial charge in [0.15, 0.2) is 5.82 Å². The predicted octanol–water partition coefficient (Wildman–Crippen LogP) is 3.50. The van der Waals surface area contributed by atoms with E-state index in [-0.39, 0.29) is 0 Å². The van der Waals surface area contributed by atoms with Crippen molar-refractivity contribution >= 4 is 39.1 Å². The van der Waals surface area contributed by atoms with E-state index >= 15 is 0 Å². The molecule has 19 heavy (non-hydrogen) atoms. The van der Waals surface area contributed by atoms with Gasteiger partial charge in [0.2, 0.25) is 0 Å². The standard InChI is InChI=1S/C13H18N4S2/c1-2-8-7-9-11(17-14)15-12(16-13(9)19-8)10-5-3-4-6-18-10/h7,10H,2-6,14H2,1H3,(H,15,16,17). The number of rotatable bonds is 3. The first-order valence-electron chi connectivity index (χ1n) is 6.70. The molecule has 1 aliphatic rings. The summed E-state index contributed by atoms with van der Waals surface area (Å²) in [4.78, 5) is 11.8. The summed E-state index contributed by atoms with van der Waals surface area (Å²) < 4.78 is 0. The van der Waals surface area contributed by atoms with E-state index in [1.165, 1.54) is 29.9 Å². The fourth-order valence-corrected chi connectivity index (χ4v) is 4.58. The Hall–Kier alpha value is -0.850. The van der Waals surface area contributed by atoms with Crippen molar-refractivity contribution in [3.63, 3.8) is 0 Å². The Balaban J connectivity index is 2.05. The minimum atomic E-state index is 0.428. The van der Waals surface area contributed by atoms with Crippen LogP contribution in [0.4, 0.5) is 5.82 Å². The molecule has 2 aromatic rings. The van der Waals surface area contributed by atoms with Crippen molar-refractivity contribution in [3.05, 3.63) is 16.8 Å². The minimum Gasteiger partial charge on any atom is -0.308 e. The summed E-state index contributed by atoms with van der Waals surface area (Å²) in [7, 11) is 0. The molecule has 1 aliphatic heterocycles. The van der Waals surface area contributed by atoms with Crippen molar-refractivity contribution < 1.29 is 0 Å². The first-order valence-corrected chi connectivity index (χ1v) is 8.57. The molecule has 0 aromatic carbocycles. The van der Waals surface area contributed by atoms with Gasteiger partial charge in [-0.2, -0.15) is 11.8 Å². The smallest absolute Gasteiger partial charge is 0.152 e. The maximum absolute atomic E-state index is 5.62. The zero-order valence-electron chi connectivity index (χ0n) is 11.0. The molecule has 0 saturated carbocycles. The lowest BCUT2D eigenvalue weighted by molar-refractivity contribution is 0.665. The highest BCUT2D eigenvalue weighted by Gasteiger charge is 2.21. The summed E-state index contributed by atoms with van der Waals surface area (Å²) >= 11 is 3.72. The third-order valence-corrected chi connectivity index (χ3v) is 5.96. The molecule has 4 nitrogen and oxygen atoms in total. The molecule has 3 rings (SSSR count). The molecule has 2 aromatic heterocycles. The van der Waals surface area contributed by atoms with Crippen molar-refractivity contribution in [3.8, 4) is 0 Å². The molecule has 0 bridgehead atoms. The van der Waals surface area contributed by atoms with E-state index in [1.807, 2.05) is 11.8 Å².